The Morgan fingerprint density at radius 1 is 1.03 bits per heavy atom. The van der Waals surface area contributed by atoms with Gasteiger partial charge in [0.25, 0.3) is 5.92 Å². The van der Waals surface area contributed by atoms with Crippen molar-refractivity contribution in [1.82, 2.24) is 29.6 Å². The summed E-state index contributed by atoms with van der Waals surface area (Å²) >= 11 is 0. The fourth-order valence-electron chi connectivity index (χ4n) is 6.58. The van der Waals surface area contributed by atoms with Crippen LogP contribution < -0.4 is 21.2 Å². The van der Waals surface area contributed by atoms with Crippen LogP contribution in [0.1, 0.15) is 25.3 Å². The maximum atomic E-state index is 14.2. The van der Waals surface area contributed by atoms with E-state index in [0.717, 1.165) is 57.0 Å². The van der Waals surface area contributed by atoms with Gasteiger partial charge in [-0.3, -0.25) is 33.8 Å². The molecule has 1 aromatic carbocycles. The first-order valence-corrected chi connectivity index (χ1v) is 13.6. The molecule has 1 aromatic heterocycles. The molecule has 2 N–H and O–H groups in total. The third-order valence-electron chi connectivity index (χ3n) is 8.72. The highest BCUT2D eigenvalue weighted by atomic mass is 19.3. The number of amides is 2. The van der Waals surface area contributed by atoms with Crippen molar-refractivity contribution in [2.45, 2.75) is 37.3 Å². The number of imidazole rings is 1. The van der Waals surface area contributed by atoms with Crippen molar-refractivity contribution in [3.05, 3.63) is 28.7 Å². The summed E-state index contributed by atoms with van der Waals surface area (Å²) in [7, 11) is 1.70. The van der Waals surface area contributed by atoms with Crippen LogP contribution in [0.5, 0.6) is 0 Å². The van der Waals surface area contributed by atoms with Gasteiger partial charge in [0.15, 0.2) is 0 Å². The number of benzene rings is 1. The molecule has 2 atom stereocenters. The van der Waals surface area contributed by atoms with Crippen LogP contribution in [0, 0.1) is 5.92 Å². The second-order valence-electron chi connectivity index (χ2n) is 11.2. The minimum Gasteiger partial charge on any atom is -0.369 e. The van der Waals surface area contributed by atoms with Gasteiger partial charge in [0.2, 0.25) is 11.8 Å². The van der Waals surface area contributed by atoms with E-state index in [1.807, 2.05) is 23.1 Å². The third kappa shape index (κ3) is 4.52. The number of anilines is 1. The van der Waals surface area contributed by atoms with Gasteiger partial charge < -0.3 is 10.2 Å². The van der Waals surface area contributed by atoms with E-state index in [9.17, 15) is 23.2 Å². The molecule has 4 aliphatic heterocycles. The highest BCUT2D eigenvalue weighted by Gasteiger charge is 2.48. The van der Waals surface area contributed by atoms with Crippen LogP contribution in [0.15, 0.2) is 23.0 Å². The van der Waals surface area contributed by atoms with E-state index < -0.39 is 23.9 Å². The summed E-state index contributed by atoms with van der Waals surface area (Å²) in [5.74, 6) is -2.96. The number of likely N-dealkylation sites (tertiary alicyclic amines) is 1. The van der Waals surface area contributed by atoms with Crippen LogP contribution in [-0.4, -0.2) is 102 Å². The molecule has 38 heavy (non-hydrogen) atoms. The Hall–Kier alpha value is -2.83. The molecule has 2 aromatic rings. The van der Waals surface area contributed by atoms with E-state index in [2.05, 4.69) is 20.4 Å². The average Bonchev–Trinajstić information content (AvgIpc) is 3.11. The topological polar surface area (TPSA) is 94.8 Å². The third-order valence-corrected chi connectivity index (χ3v) is 8.72. The number of carbonyl (C=O) groups excluding carboxylic acids is 2. The summed E-state index contributed by atoms with van der Waals surface area (Å²) in [5.41, 5.74) is 2.19. The summed E-state index contributed by atoms with van der Waals surface area (Å²) in [6.45, 7) is 6.34. The number of alkyl halides is 2. The van der Waals surface area contributed by atoms with Gasteiger partial charge in [-0.25, -0.2) is 13.6 Å². The molecule has 0 bridgehead atoms. The van der Waals surface area contributed by atoms with Gasteiger partial charge in [-0.2, -0.15) is 0 Å². The Morgan fingerprint density at radius 2 is 1.79 bits per heavy atom. The lowest BCUT2D eigenvalue weighted by atomic mass is 9.91. The normalized spacial score (nSPS) is 27.5. The van der Waals surface area contributed by atoms with Crippen LogP contribution in [0.2, 0.25) is 0 Å². The average molecular weight is 532 g/mol. The molecule has 4 aliphatic rings. The second kappa shape index (κ2) is 9.73. The zero-order valence-corrected chi connectivity index (χ0v) is 21.7. The molecule has 206 valence electrons. The van der Waals surface area contributed by atoms with Crippen LogP contribution in [0.3, 0.4) is 0 Å². The number of piperazine rings is 1. The zero-order valence-electron chi connectivity index (χ0n) is 21.7. The SMILES string of the molecule is Cn1c(=O)n(C2CCC(=O)NC2=O)c2ccc(N3CCN(CC4CN(C5CCNCC5(F)F)C4)CC3)cc21. The van der Waals surface area contributed by atoms with Crippen molar-refractivity contribution in [2.24, 2.45) is 13.0 Å². The van der Waals surface area contributed by atoms with Gasteiger partial charge in [0, 0.05) is 65.0 Å². The smallest absolute Gasteiger partial charge is 0.329 e. The predicted octanol–water partition coefficient (Wildman–Crippen LogP) is 0.369. The molecule has 5 heterocycles. The Balaban J connectivity index is 1.07. The maximum Gasteiger partial charge on any atom is 0.329 e. The van der Waals surface area contributed by atoms with E-state index in [0.29, 0.717) is 30.8 Å². The molecule has 4 fully saturated rings. The number of hydrogen-bond donors (Lipinski definition) is 2. The Bertz CT molecular complexity index is 1290. The number of nitrogens with one attached hydrogen (secondary N) is 2. The number of aromatic nitrogens is 2. The standard InChI is InChI=1S/C26H35F2N7O3/c1-31-21-12-18(2-3-19(21)35(25(31)38)20-4-5-23(36)30-24(20)37)33-10-8-32(9-11-33)13-17-14-34(15-17)22-6-7-29-16-26(22,27)28/h2-3,12,17,20,22,29H,4-11,13-16H2,1H3,(H,30,36,37). The summed E-state index contributed by atoms with van der Waals surface area (Å²) in [6, 6.07) is 4.55. The van der Waals surface area contributed by atoms with E-state index in [1.165, 1.54) is 4.57 Å². The van der Waals surface area contributed by atoms with Gasteiger partial charge in [-0.05, 0) is 43.5 Å². The van der Waals surface area contributed by atoms with Crippen molar-refractivity contribution in [2.75, 3.05) is 63.8 Å². The minimum absolute atomic E-state index is 0.213. The van der Waals surface area contributed by atoms with E-state index in [-0.39, 0.29) is 24.6 Å². The first kappa shape index (κ1) is 25.4. The maximum absolute atomic E-state index is 14.2. The van der Waals surface area contributed by atoms with Crippen molar-refractivity contribution in [3.63, 3.8) is 0 Å². The molecule has 10 nitrogen and oxygen atoms in total. The molecular formula is C26H35F2N7O3. The van der Waals surface area contributed by atoms with Crippen LogP contribution in [0.4, 0.5) is 14.5 Å². The van der Waals surface area contributed by atoms with E-state index in [4.69, 9.17) is 0 Å². The number of aryl methyl sites for hydroxylation is 1. The summed E-state index contributed by atoms with van der Waals surface area (Å²) in [6.07, 6.45) is 1.03. The molecule has 2 amide bonds. The highest BCUT2D eigenvalue weighted by molar-refractivity contribution is 6.00. The highest BCUT2D eigenvalue weighted by Crippen LogP contribution is 2.33. The van der Waals surface area contributed by atoms with Gasteiger partial charge >= 0.3 is 5.69 Å². The van der Waals surface area contributed by atoms with Crippen molar-refractivity contribution < 1.29 is 18.4 Å². The fraction of sp³-hybridized carbons (Fsp3) is 0.654. The Labute approximate surface area is 219 Å². The lowest BCUT2D eigenvalue weighted by Crippen LogP contribution is -2.64. The van der Waals surface area contributed by atoms with Crippen molar-refractivity contribution >= 4 is 28.5 Å². The van der Waals surface area contributed by atoms with Crippen LogP contribution >= 0.6 is 0 Å². The van der Waals surface area contributed by atoms with E-state index in [1.54, 1.807) is 11.6 Å². The number of halogens is 2. The van der Waals surface area contributed by atoms with Crippen molar-refractivity contribution in [1.29, 1.82) is 0 Å². The number of hydrogen-bond acceptors (Lipinski definition) is 7. The number of imide groups is 1. The lowest BCUT2D eigenvalue weighted by molar-refractivity contribution is -0.135. The number of rotatable bonds is 5. The van der Waals surface area contributed by atoms with Gasteiger partial charge in [-0.15, -0.1) is 0 Å². The summed E-state index contributed by atoms with van der Waals surface area (Å²) in [5, 5.41) is 5.15. The number of nitrogens with zero attached hydrogens (tertiary/aromatic N) is 5. The first-order valence-electron chi connectivity index (χ1n) is 13.6. The predicted molar refractivity (Wildman–Crippen MR) is 139 cm³/mol. The zero-order chi connectivity index (χ0) is 26.6. The number of carbonyl (C=O) groups is 2. The van der Waals surface area contributed by atoms with Gasteiger partial charge in [0.1, 0.15) is 6.04 Å². The van der Waals surface area contributed by atoms with E-state index >= 15 is 0 Å². The second-order valence-corrected chi connectivity index (χ2v) is 11.2. The van der Waals surface area contributed by atoms with Crippen LogP contribution in [-0.2, 0) is 16.6 Å². The lowest BCUT2D eigenvalue weighted by Gasteiger charge is -2.50. The summed E-state index contributed by atoms with van der Waals surface area (Å²) in [4.78, 5) is 43.7. The molecule has 0 saturated carbocycles. The van der Waals surface area contributed by atoms with Crippen LogP contribution in [0.25, 0.3) is 11.0 Å². The molecule has 6 rings (SSSR count). The molecule has 2 unspecified atom stereocenters. The number of piperidine rings is 2. The van der Waals surface area contributed by atoms with Gasteiger partial charge in [0.05, 0.1) is 23.6 Å². The molecular weight excluding hydrogens is 496 g/mol. The summed E-state index contributed by atoms with van der Waals surface area (Å²) < 4.78 is 31.5. The van der Waals surface area contributed by atoms with Gasteiger partial charge in [-0.1, -0.05) is 0 Å². The number of fused-ring (bicyclic) bond motifs is 1. The largest absolute Gasteiger partial charge is 0.369 e. The monoisotopic (exact) mass is 531 g/mol. The Kier molecular flexibility index (Phi) is 6.51. The Morgan fingerprint density at radius 3 is 2.50 bits per heavy atom. The fourth-order valence-corrected chi connectivity index (χ4v) is 6.58. The first-order chi connectivity index (χ1) is 18.2. The molecule has 0 spiro atoms. The minimum atomic E-state index is -2.65. The molecule has 4 saturated heterocycles. The van der Waals surface area contributed by atoms with Crippen molar-refractivity contribution in [3.8, 4) is 0 Å². The molecule has 0 aliphatic carbocycles. The quantitative estimate of drug-likeness (QED) is 0.539. The molecule has 12 heteroatoms. The molecule has 0 radical (unpaired) electrons.